The van der Waals surface area contributed by atoms with Crippen molar-refractivity contribution in [2.45, 2.75) is 6.04 Å². The first-order chi connectivity index (χ1) is 10.3. The predicted octanol–water partition coefficient (Wildman–Crippen LogP) is 0.921. The number of ether oxygens (including phenoxy) is 1. The minimum Gasteiger partial charge on any atom is -0.384 e. The summed E-state index contributed by atoms with van der Waals surface area (Å²) in [6.07, 6.45) is 0. The molecule has 22 heavy (non-hydrogen) atoms. The van der Waals surface area contributed by atoms with Gasteiger partial charge in [-0.2, -0.15) is 0 Å². The number of nitrogens with one attached hydrogen (secondary N) is 1. The smallest absolute Gasteiger partial charge is 0.213 e. The van der Waals surface area contributed by atoms with Crippen LogP contribution in [0.25, 0.3) is 0 Å². The summed E-state index contributed by atoms with van der Waals surface area (Å²) in [5, 5.41) is 0. The van der Waals surface area contributed by atoms with Crippen LogP contribution in [-0.2, 0) is 14.8 Å². The fourth-order valence-electron chi connectivity index (χ4n) is 2.06. The molecule has 0 spiro atoms. The number of likely N-dealkylation sites (N-methyl/N-ethyl adjacent to an activating group) is 1. The van der Waals surface area contributed by atoms with Crippen molar-refractivity contribution in [3.05, 3.63) is 29.8 Å². The van der Waals surface area contributed by atoms with E-state index in [0.717, 1.165) is 11.3 Å². The Morgan fingerprint density at radius 3 is 2.18 bits per heavy atom. The van der Waals surface area contributed by atoms with E-state index in [1.807, 2.05) is 62.3 Å². The molecule has 1 N–H and O–H groups in total. The molecule has 6 nitrogen and oxygen atoms in total. The zero-order valence-electron chi connectivity index (χ0n) is 14.0. The van der Waals surface area contributed by atoms with Crippen LogP contribution in [0, 0.1) is 0 Å². The van der Waals surface area contributed by atoms with Gasteiger partial charge in [-0.15, -0.1) is 0 Å². The summed E-state index contributed by atoms with van der Waals surface area (Å²) in [6.45, 7) is 0.528. The Morgan fingerprint density at radius 2 is 1.73 bits per heavy atom. The summed E-state index contributed by atoms with van der Waals surface area (Å²) in [5.41, 5.74) is 2.19. The molecular weight excluding hydrogens is 302 g/mol. The highest BCUT2D eigenvalue weighted by atomic mass is 32.2. The van der Waals surface area contributed by atoms with E-state index in [4.69, 9.17) is 4.74 Å². The largest absolute Gasteiger partial charge is 0.384 e. The van der Waals surface area contributed by atoms with Crippen molar-refractivity contribution in [2.75, 3.05) is 59.1 Å². The lowest BCUT2D eigenvalue weighted by atomic mass is 10.1. The molecule has 1 rings (SSSR count). The van der Waals surface area contributed by atoms with Gasteiger partial charge < -0.3 is 14.5 Å². The van der Waals surface area contributed by atoms with E-state index in [1.165, 1.54) is 7.11 Å². The second-order valence-electron chi connectivity index (χ2n) is 5.63. The first-order valence-electron chi connectivity index (χ1n) is 7.17. The molecule has 0 aliphatic carbocycles. The van der Waals surface area contributed by atoms with Gasteiger partial charge in [-0.3, -0.25) is 0 Å². The van der Waals surface area contributed by atoms with Crippen LogP contribution >= 0.6 is 0 Å². The molecule has 1 atom stereocenters. The van der Waals surface area contributed by atoms with Gasteiger partial charge in [0.15, 0.2) is 0 Å². The molecule has 1 aromatic carbocycles. The lowest BCUT2D eigenvalue weighted by molar-refractivity contribution is 0.216. The van der Waals surface area contributed by atoms with E-state index in [-0.39, 0.29) is 18.4 Å². The summed E-state index contributed by atoms with van der Waals surface area (Å²) in [5.74, 6) is -0.0246. The van der Waals surface area contributed by atoms with Crippen LogP contribution in [0.15, 0.2) is 24.3 Å². The van der Waals surface area contributed by atoms with Crippen molar-refractivity contribution in [1.29, 1.82) is 0 Å². The van der Waals surface area contributed by atoms with Crippen LogP contribution in [-0.4, -0.2) is 67.5 Å². The van der Waals surface area contributed by atoms with Gasteiger partial charge in [-0.05, 0) is 31.8 Å². The highest BCUT2D eigenvalue weighted by Gasteiger charge is 2.18. The van der Waals surface area contributed by atoms with Gasteiger partial charge in [0.05, 0.1) is 12.4 Å². The Bertz CT molecular complexity index is 542. The average Bonchev–Trinajstić information content (AvgIpc) is 2.45. The van der Waals surface area contributed by atoms with Crippen molar-refractivity contribution in [3.63, 3.8) is 0 Å². The lowest BCUT2D eigenvalue weighted by Gasteiger charge is -2.25. The monoisotopic (exact) mass is 329 g/mol. The molecule has 7 heteroatoms. The first-order valence-corrected chi connectivity index (χ1v) is 8.82. The van der Waals surface area contributed by atoms with Gasteiger partial charge in [0.25, 0.3) is 0 Å². The third kappa shape index (κ3) is 5.92. The maximum Gasteiger partial charge on any atom is 0.213 e. The number of methoxy groups -OCH3 is 1. The predicted molar refractivity (Wildman–Crippen MR) is 90.9 cm³/mol. The minimum atomic E-state index is -3.31. The SMILES string of the molecule is COCCS(=O)(=O)NCC(c1ccc(N(C)C)cc1)N(C)C. The number of rotatable bonds is 9. The zero-order valence-corrected chi connectivity index (χ0v) is 14.9. The molecule has 0 heterocycles. The van der Waals surface area contributed by atoms with Crippen molar-refractivity contribution >= 4 is 15.7 Å². The summed E-state index contributed by atoms with van der Waals surface area (Å²) in [6, 6.07) is 8.11. The van der Waals surface area contributed by atoms with Crippen LogP contribution in [0.3, 0.4) is 0 Å². The summed E-state index contributed by atoms with van der Waals surface area (Å²) >= 11 is 0. The topological polar surface area (TPSA) is 61.9 Å². The number of nitrogens with zero attached hydrogens (tertiary/aromatic N) is 2. The number of anilines is 1. The average molecular weight is 329 g/mol. The highest BCUT2D eigenvalue weighted by Crippen LogP contribution is 2.21. The molecule has 0 aliphatic heterocycles. The Balaban J connectivity index is 2.78. The van der Waals surface area contributed by atoms with Crippen LogP contribution in [0.2, 0.25) is 0 Å². The number of sulfonamides is 1. The van der Waals surface area contributed by atoms with E-state index in [0.29, 0.717) is 6.54 Å². The minimum absolute atomic E-state index is 0.0199. The molecule has 0 bridgehead atoms. The van der Waals surface area contributed by atoms with Crippen LogP contribution in [0.5, 0.6) is 0 Å². The Kier molecular flexibility index (Phi) is 7.28. The molecule has 0 aliphatic rings. The van der Waals surface area contributed by atoms with E-state index in [2.05, 4.69) is 4.72 Å². The Morgan fingerprint density at radius 1 is 1.14 bits per heavy atom. The summed E-state index contributed by atoms with van der Waals surface area (Å²) < 4.78 is 31.2. The van der Waals surface area contributed by atoms with Gasteiger partial charge >= 0.3 is 0 Å². The molecule has 1 unspecified atom stereocenters. The van der Waals surface area contributed by atoms with Crippen molar-refractivity contribution in [2.24, 2.45) is 0 Å². The third-order valence-corrected chi connectivity index (χ3v) is 4.78. The second-order valence-corrected chi connectivity index (χ2v) is 7.55. The van der Waals surface area contributed by atoms with Crippen molar-refractivity contribution in [3.8, 4) is 0 Å². The van der Waals surface area contributed by atoms with Crippen LogP contribution < -0.4 is 9.62 Å². The molecule has 1 aromatic rings. The molecule has 0 aromatic heterocycles. The van der Waals surface area contributed by atoms with Gasteiger partial charge in [-0.25, -0.2) is 13.1 Å². The zero-order chi connectivity index (χ0) is 16.8. The maximum atomic E-state index is 11.9. The second kappa shape index (κ2) is 8.47. The molecule has 0 radical (unpaired) electrons. The quantitative estimate of drug-likeness (QED) is 0.730. The molecule has 126 valence electrons. The third-order valence-electron chi connectivity index (χ3n) is 3.47. The fraction of sp³-hybridized carbons (Fsp3) is 0.600. The molecular formula is C15H27N3O3S. The number of hydrogen-bond acceptors (Lipinski definition) is 5. The number of hydrogen-bond donors (Lipinski definition) is 1. The highest BCUT2D eigenvalue weighted by molar-refractivity contribution is 7.89. The van der Waals surface area contributed by atoms with Gasteiger partial charge in [0.2, 0.25) is 10.0 Å². The van der Waals surface area contributed by atoms with Gasteiger partial charge in [0.1, 0.15) is 0 Å². The van der Waals surface area contributed by atoms with Gasteiger partial charge in [-0.1, -0.05) is 12.1 Å². The van der Waals surface area contributed by atoms with E-state index in [1.54, 1.807) is 0 Å². The van der Waals surface area contributed by atoms with E-state index < -0.39 is 10.0 Å². The van der Waals surface area contributed by atoms with Crippen molar-refractivity contribution in [1.82, 2.24) is 9.62 Å². The van der Waals surface area contributed by atoms with E-state index in [9.17, 15) is 8.42 Å². The summed E-state index contributed by atoms with van der Waals surface area (Å²) in [7, 11) is 6.03. The Labute approximate surface area is 134 Å². The summed E-state index contributed by atoms with van der Waals surface area (Å²) in [4.78, 5) is 4.03. The normalized spacial score (nSPS) is 13.4. The lowest BCUT2D eigenvalue weighted by Crippen LogP contribution is -2.36. The standard InChI is InChI=1S/C15H27N3O3S/c1-17(2)14-8-6-13(7-9-14)15(18(3)4)12-16-22(19,20)11-10-21-5/h6-9,15-16H,10-12H2,1-5H3. The van der Waals surface area contributed by atoms with Crippen LogP contribution in [0.1, 0.15) is 11.6 Å². The Hall–Kier alpha value is -1.15. The van der Waals surface area contributed by atoms with Gasteiger partial charge in [0, 0.05) is 39.5 Å². The molecule has 0 amide bonds. The number of benzene rings is 1. The molecule has 0 saturated heterocycles. The molecule has 0 fully saturated rings. The van der Waals surface area contributed by atoms with Crippen LogP contribution in [0.4, 0.5) is 5.69 Å². The van der Waals surface area contributed by atoms with Crippen molar-refractivity contribution < 1.29 is 13.2 Å². The fourth-order valence-corrected chi connectivity index (χ4v) is 3.01. The first kappa shape index (κ1) is 18.9. The van der Waals surface area contributed by atoms with E-state index >= 15 is 0 Å². The molecule has 0 saturated carbocycles. The maximum absolute atomic E-state index is 11.9.